The highest BCUT2D eigenvalue weighted by Gasteiger charge is 2.61. The minimum Gasteiger partial charge on any atom is -0.325 e. The van der Waals surface area contributed by atoms with E-state index in [0.29, 0.717) is 10.8 Å². The molecule has 108 valence electrons. The lowest BCUT2D eigenvalue weighted by atomic mass is 9.40. The SMILES string of the molecule is CC(C)(N)C12CC3CC(CC(c4ccccc4)(C3)C1)C2. The van der Waals surface area contributed by atoms with Gasteiger partial charge in [0.25, 0.3) is 0 Å². The Bertz CT molecular complexity index is 496. The van der Waals surface area contributed by atoms with Crippen LogP contribution in [-0.2, 0) is 5.41 Å². The van der Waals surface area contributed by atoms with Crippen molar-refractivity contribution in [1.29, 1.82) is 0 Å². The Balaban J connectivity index is 1.80. The highest BCUT2D eigenvalue weighted by Crippen LogP contribution is 2.68. The van der Waals surface area contributed by atoms with Gasteiger partial charge in [0.1, 0.15) is 0 Å². The zero-order chi connectivity index (χ0) is 14.0. The third-order valence-electron chi connectivity index (χ3n) is 6.81. The van der Waals surface area contributed by atoms with Crippen molar-refractivity contribution < 1.29 is 0 Å². The quantitative estimate of drug-likeness (QED) is 0.853. The molecule has 2 N–H and O–H groups in total. The molecule has 5 rings (SSSR count). The minimum atomic E-state index is -0.0369. The summed E-state index contributed by atoms with van der Waals surface area (Å²) in [6.45, 7) is 4.55. The van der Waals surface area contributed by atoms with Crippen molar-refractivity contribution in [2.45, 2.75) is 63.3 Å². The molecule has 1 nitrogen and oxygen atoms in total. The van der Waals surface area contributed by atoms with Crippen LogP contribution in [-0.4, -0.2) is 5.54 Å². The fourth-order valence-electron chi connectivity index (χ4n) is 6.15. The van der Waals surface area contributed by atoms with Crippen LogP contribution in [0.15, 0.2) is 30.3 Å². The summed E-state index contributed by atoms with van der Waals surface area (Å²) in [6, 6.07) is 11.3. The molecule has 0 saturated heterocycles. The number of hydrogen-bond donors (Lipinski definition) is 1. The molecule has 1 aromatic rings. The summed E-state index contributed by atoms with van der Waals surface area (Å²) in [5.41, 5.74) is 9.03. The van der Waals surface area contributed by atoms with Gasteiger partial charge in [0.2, 0.25) is 0 Å². The molecule has 4 aliphatic carbocycles. The molecule has 0 radical (unpaired) electrons. The lowest BCUT2D eigenvalue weighted by Crippen LogP contribution is -2.63. The molecule has 0 aliphatic heterocycles. The average molecular weight is 269 g/mol. The first kappa shape index (κ1) is 12.9. The van der Waals surface area contributed by atoms with E-state index < -0.39 is 0 Å². The van der Waals surface area contributed by atoms with Crippen LogP contribution in [0.4, 0.5) is 0 Å². The fraction of sp³-hybridized carbons (Fsp3) is 0.684. The first-order valence-corrected chi connectivity index (χ1v) is 8.27. The van der Waals surface area contributed by atoms with Gasteiger partial charge in [0.05, 0.1) is 0 Å². The van der Waals surface area contributed by atoms with Gasteiger partial charge in [-0.15, -0.1) is 0 Å². The van der Waals surface area contributed by atoms with Crippen molar-refractivity contribution in [3.05, 3.63) is 35.9 Å². The topological polar surface area (TPSA) is 26.0 Å². The molecule has 0 amide bonds. The van der Waals surface area contributed by atoms with Crippen LogP contribution in [0.5, 0.6) is 0 Å². The van der Waals surface area contributed by atoms with Crippen LogP contribution in [0.2, 0.25) is 0 Å². The molecular weight excluding hydrogens is 242 g/mol. The van der Waals surface area contributed by atoms with Gasteiger partial charge in [-0.2, -0.15) is 0 Å². The van der Waals surface area contributed by atoms with E-state index >= 15 is 0 Å². The molecule has 0 heterocycles. The maximum absolute atomic E-state index is 6.67. The monoisotopic (exact) mass is 269 g/mol. The van der Waals surface area contributed by atoms with Gasteiger partial charge < -0.3 is 5.73 Å². The molecular formula is C19H27N. The Morgan fingerprint density at radius 1 is 1.00 bits per heavy atom. The molecule has 4 aliphatic rings. The van der Waals surface area contributed by atoms with Gasteiger partial charge in [0.15, 0.2) is 0 Å². The summed E-state index contributed by atoms with van der Waals surface area (Å²) in [4.78, 5) is 0. The second-order valence-electron chi connectivity index (χ2n) is 8.61. The summed E-state index contributed by atoms with van der Waals surface area (Å²) in [5, 5.41) is 0. The van der Waals surface area contributed by atoms with Crippen molar-refractivity contribution in [1.82, 2.24) is 0 Å². The molecule has 0 aromatic heterocycles. The van der Waals surface area contributed by atoms with Crippen LogP contribution < -0.4 is 5.73 Å². The Hall–Kier alpha value is -0.820. The number of rotatable bonds is 2. The summed E-state index contributed by atoms with van der Waals surface area (Å²) in [6.07, 6.45) is 8.35. The first-order valence-electron chi connectivity index (χ1n) is 8.27. The highest BCUT2D eigenvalue weighted by molar-refractivity contribution is 5.31. The molecule has 4 fully saturated rings. The smallest absolute Gasteiger partial charge is 0.0154 e. The molecule has 1 aromatic carbocycles. The fourth-order valence-corrected chi connectivity index (χ4v) is 6.15. The Morgan fingerprint density at radius 2 is 1.60 bits per heavy atom. The third-order valence-corrected chi connectivity index (χ3v) is 6.81. The third kappa shape index (κ3) is 1.65. The first-order chi connectivity index (χ1) is 9.43. The average Bonchev–Trinajstić information content (AvgIpc) is 2.37. The lowest BCUT2D eigenvalue weighted by Gasteiger charge is -2.66. The van der Waals surface area contributed by atoms with E-state index in [-0.39, 0.29) is 5.54 Å². The molecule has 4 saturated carbocycles. The second-order valence-corrected chi connectivity index (χ2v) is 8.61. The number of benzene rings is 1. The Labute approximate surface area is 122 Å². The van der Waals surface area contributed by atoms with Crippen LogP contribution in [0.1, 0.15) is 57.9 Å². The standard InChI is InChI=1S/C19H27N/c1-17(2,20)19-11-14-8-15(12-19)10-18(9-14,13-19)16-6-4-3-5-7-16/h3-7,14-15H,8-13,20H2,1-2H3. The zero-order valence-electron chi connectivity index (χ0n) is 12.9. The van der Waals surface area contributed by atoms with Gasteiger partial charge in [-0.3, -0.25) is 0 Å². The van der Waals surface area contributed by atoms with E-state index in [0.717, 1.165) is 11.8 Å². The summed E-state index contributed by atoms with van der Waals surface area (Å²) in [5.74, 6) is 1.83. The molecule has 4 bridgehead atoms. The maximum atomic E-state index is 6.67. The van der Waals surface area contributed by atoms with E-state index in [4.69, 9.17) is 5.73 Å². The highest BCUT2D eigenvalue weighted by atomic mass is 14.8. The van der Waals surface area contributed by atoms with Crippen molar-refractivity contribution in [3.63, 3.8) is 0 Å². The predicted octanol–water partition coefficient (Wildman–Crippen LogP) is 4.26. The molecule has 20 heavy (non-hydrogen) atoms. The molecule has 0 spiro atoms. The van der Waals surface area contributed by atoms with Crippen LogP contribution >= 0.6 is 0 Å². The minimum absolute atomic E-state index is 0.0369. The van der Waals surface area contributed by atoms with Gasteiger partial charge in [-0.05, 0) is 80.6 Å². The van der Waals surface area contributed by atoms with Gasteiger partial charge >= 0.3 is 0 Å². The van der Waals surface area contributed by atoms with Crippen molar-refractivity contribution in [3.8, 4) is 0 Å². The number of nitrogens with two attached hydrogens (primary N) is 1. The number of hydrogen-bond acceptors (Lipinski definition) is 1. The summed E-state index contributed by atoms with van der Waals surface area (Å²) in [7, 11) is 0. The normalized spacial score (nSPS) is 43.0. The Morgan fingerprint density at radius 3 is 2.15 bits per heavy atom. The van der Waals surface area contributed by atoms with E-state index in [1.807, 2.05) is 0 Å². The Kier molecular flexibility index (Phi) is 2.50. The predicted molar refractivity (Wildman–Crippen MR) is 83.5 cm³/mol. The summed E-state index contributed by atoms with van der Waals surface area (Å²) >= 11 is 0. The van der Waals surface area contributed by atoms with Crippen molar-refractivity contribution in [2.24, 2.45) is 23.0 Å². The van der Waals surface area contributed by atoms with Gasteiger partial charge in [0, 0.05) is 5.54 Å². The second kappa shape index (κ2) is 3.88. The van der Waals surface area contributed by atoms with Crippen LogP contribution in [0.3, 0.4) is 0 Å². The summed E-state index contributed by atoms with van der Waals surface area (Å²) < 4.78 is 0. The van der Waals surface area contributed by atoms with Gasteiger partial charge in [-0.1, -0.05) is 30.3 Å². The van der Waals surface area contributed by atoms with Crippen LogP contribution in [0.25, 0.3) is 0 Å². The molecule has 2 atom stereocenters. The zero-order valence-corrected chi connectivity index (χ0v) is 12.9. The van der Waals surface area contributed by atoms with E-state index in [9.17, 15) is 0 Å². The van der Waals surface area contributed by atoms with E-state index in [2.05, 4.69) is 44.2 Å². The molecule has 1 heteroatoms. The maximum Gasteiger partial charge on any atom is 0.0154 e. The van der Waals surface area contributed by atoms with Crippen molar-refractivity contribution >= 4 is 0 Å². The lowest BCUT2D eigenvalue weighted by molar-refractivity contribution is -0.105. The van der Waals surface area contributed by atoms with E-state index in [1.165, 1.54) is 38.5 Å². The van der Waals surface area contributed by atoms with E-state index in [1.54, 1.807) is 5.56 Å². The van der Waals surface area contributed by atoms with Gasteiger partial charge in [-0.25, -0.2) is 0 Å². The largest absolute Gasteiger partial charge is 0.325 e. The van der Waals surface area contributed by atoms with Crippen molar-refractivity contribution in [2.75, 3.05) is 0 Å². The van der Waals surface area contributed by atoms with Crippen LogP contribution in [0, 0.1) is 17.3 Å². The molecule has 2 unspecified atom stereocenters.